The topological polar surface area (TPSA) is 21.7 Å². The highest BCUT2D eigenvalue weighted by Gasteiger charge is 2.03. The van der Waals surface area contributed by atoms with Crippen LogP contribution in [0.3, 0.4) is 0 Å². The molecular weight excluding hydrogens is 202 g/mol. The normalized spacial score (nSPS) is 10.6. The van der Waals surface area contributed by atoms with Gasteiger partial charge >= 0.3 is 0 Å². The molecule has 0 unspecified atom stereocenters. The van der Waals surface area contributed by atoms with E-state index in [-0.39, 0.29) is 0 Å². The maximum absolute atomic E-state index is 5.68. The Kier molecular flexibility index (Phi) is 5.12. The summed E-state index contributed by atoms with van der Waals surface area (Å²) in [7, 11) is 5.79. The molecule has 0 aliphatic rings. The van der Waals surface area contributed by atoms with Gasteiger partial charge in [0.1, 0.15) is 0 Å². The molecule has 0 aromatic heterocycles. The van der Waals surface area contributed by atoms with Gasteiger partial charge in [-0.05, 0) is 45.1 Å². The van der Waals surface area contributed by atoms with Crippen LogP contribution in [0.25, 0.3) is 0 Å². The van der Waals surface area contributed by atoms with Gasteiger partial charge < -0.3 is 14.4 Å². The molecule has 0 aliphatic carbocycles. The first kappa shape index (κ1) is 12.8. The number of aryl methyl sites for hydroxylation is 1. The van der Waals surface area contributed by atoms with Crippen molar-refractivity contribution in [2.45, 2.75) is 13.3 Å². The average molecular weight is 223 g/mol. The number of ether oxygens (including phenoxy) is 2. The van der Waals surface area contributed by atoms with Crippen molar-refractivity contribution in [3.63, 3.8) is 0 Å². The summed E-state index contributed by atoms with van der Waals surface area (Å²) in [5, 5.41) is 0. The van der Waals surface area contributed by atoms with E-state index in [1.165, 1.54) is 5.56 Å². The van der Waals surface area contributed by atoms with E-state index in [9.17, 15) is 0 Å². The third-order valence-corrected chi connectivity index (χ3v) is 2.33. The van der Waals surface area contributed by atoms with E-state index in [2.05, 4.69) is 19.0 Å². The molecule has 0 spiro atoms. The van der Waals surface area contributed by atoms with Crippen LogP contribution in [0.15, 0.2) is 18.2 Å². The summed E-state index contributed by atoms with van der Waals surface area (Å²) in [6.45, 7) is 3.80. The molecule has 16 heavy (non-hydrogen) atoms. The lowest BCUT2D eigenvalue weighted by Gasteiger charge is -2.13. The highest BCUT2D eigenvalue weighted by Crippen LogP contribution is 2.27. The number of methoxy groups -OCH3 is 1. The van der Waals surface area contributed by atoms with Gasteiger partial charge in [0, 0.05) is 6.54 Å². The molecule has 3 heteroatoms. The average Bonchev–Trinajstić information content (AvgIpc) is 2.25. The number of hydrogen-bond acceptors (Lipinski definition) is 3. The summed E-state index contributed by atoms with van der Waals surface area (Å²) in [6.07, 6.45) is 1.02. The van der Waals surface area contributed by atoms with E-state index < -0.39 is 0 Å². The van der Waals surface area contributed by atoms with Crippen LogP contribution in [0.4, 0.5) is 0 Å². The third-order valence-electron chi connectivity index (χ3n) is 2.33. The smallest absolute Gasteiger partial charge is 0.161 e. The quantitative estimate of drug-likeness (QED) is 0.691. The summed E-state index contributed by atoms with van der Waals surface area (Å²) in [5.74, 6) is 1.64. The Balaban J connectivity index is 2.47. The minimum Gasteiger partial charge on any atom is -0.493 e. The van der Waals surface area contributed by atoms with Gasteiger partial charge in [-0.15, -0.1) is 0 Å². The molecule has 1 aromatic carbocycles. The lowest BCUT2D eigenvalue weighted by Crippen LogP contribution is -2.15. The van der Waals surface area contributed by atoms with E-state index >= 15 is 0 Å². The van der Waals surface area contributed by atoms with Crippen molar-refractivity contribution in [2.24, 2.45) is 0 Å². The molecule has 1 rings (SSSR count). The lowest BCUT2D eigenvalue weighted by atomic mass is 10.2. The molecule has 0 atom stereocenters. The number of benzene rings is 1. The molecule has 1 aromatic rings. The Hall–Kier alpha value is -1.22. The van der Waals surface area contributed by atoms with Gasteiger partial charge in [0.15, 0.2) is 11.5 Å². The Bertz CT molecular complexity index is 324. The minimum atomic E-state index is 0.720. The predicted molar refractivity (Wildman–Crippen MR) is 66.4 cm³/mol. The second kappa shape index (κ2) is 6.38. The second-order valence-electron chi connectivity index (χ2n) is 4.16. The fraction of sp³-hybridized carbons (Fsp3) is 0.538. The van der Waals surface area contributed by atoms with Crippen molar-refractivity contribution >= 4 is 0 Å². The Morgan fingerprint density at radius 1 is 1.19 bits per heavy atom. The van der Waals surface area contributed by atoms with Crippen LogP contribution in [-0.2, 0) is 0 Å². The maximum atomic E-state index is 5.68. The van der Waals surface area contributed by atoms with Crippen LogP contribution in [0.5, 0.6) is 11.5 Å². The first-order valence-corrected chi connectivity index (χ1v) is 5.55. The number of nitrogens with zero attached hydrogens (tertiary/aromatic N) is 1. The van der Waals surface area contributed by atoms with Gasteiger partial charge in [-0.25, -0.2) is 0 Å². The van der Waals surface area contributed by atoms with Crippen LogP contribution < -0.4 is 9.47 Å². The molecule has 0 amide bonds. The minimum absolute atomic E-state index is 0.720. The summed E-state index contributed by atoms with van der Waals surface area (Å²) < 4.78 is 11.0. The van der Waals surface area contributed by atoms with Crippen molar-refractivity contribution in [3.8, 4) is 11.5 Å². The number of rotatable bonds is 6. The van der Waals surface area contributed by atoms with Crippen molar-refractivity contribution in [2.75, 3.05) is 34.4 Å². The third kappa shape index (κ3) is 4.11. The van der Waals surface area contributed by atoms with Gasteiger partial charge in [0.25, 0.3) is 0 Å². The molecule has 0 radical (unpaired) electrons. The largest absolute Gasteiger partial charge is 0.493 e. The Labute approximate surface area is 98.0 Å². The van der Waals surface area contributed by atoms with Crippen molar-refractivity contribution in [1.82, 2.24) is 4.90 Å². The molecule has 0 aliphatic heterocycles. The van der Waals surface area contributed by atoms with Crippen LogP contribution >= 0.6 is 0 Å². The van der Waals surface area contributed by atoms with Crippen LogP contribution in [0, 0.1) is 6.92 Å². The van der Waals surface area contributed by atoms with E-state index in [0.29, 0.717) is 0 Å². The second-order valence-corrected chi connectivity index (χ2v) is 4.16. The van der Waals surface area contributed by atoms with Crippen molar-refractivity contribution in [1.29, 1.82) is 0 Å². The Morgan fingerprint density at radius 3 is 2.56 bits per heavy atom. The zero-order valence-electron chi connectivity index (χ0n) is 10.6. The van der Waals surface area contributed by atoms with E-state index in [1.54, 1.807) is 7.11 Å². The fourth-order valence-corrected chi connectivity index (χ4v) is 1.46. The SMILES string of the molecule is COc1cc(C)ccc1OCCCN(C)C. The summed E-state index contributed by atoms with van der Waals surface area (Å²) >= 11 is 0. The fourth-order valence-electron chi connectivity index (χ4n) is 1.46. The van der Waals surface area contributed by atoms with Gasteiger partial charge in [-0.1, -0.05) is 6.07 Å². The standard InChI is InChI=1S/C13H21NO2/c1-11-6-7-12(13(10-11)15-4)16-9-5-8-14(2)3/h6-7,10H,5,8-9H2,1-4H3. The van der Waals surface area contributed by atoms with Gasteiger partial charge in [-0.2, -0.15) is 0 Å². The van der Waals surface area contributed by atoms with Crippen LogP contribution in [-0.4, -0.2) is 39.3 Å². The van der Waals surface area contributed by atoms with Crippen LogP contribution in [0.1, 0.15) is 12.0 Å². The zero-order chi connectivity index (χ0) is 12.0. The van der Waals surface area contributed by atoms with Gasteiger partial charge in [0.2, 0.25) is 0 Å². The van der Waals surface area contributed by atoms with E-state index in [4.69, 9.17) is 9.47 Å². The lowest BCUT2D eigenvalue weighted by molar-refractivity contribution is 0.268. The highest BCUT2D eigenvalue weighted by atomic mass is 16.5. The highest BCUT2D eigenvalue weighted by molar-refractivity contribution is 5.42. The monoisotopic (exact) mass is 223 g/mol. The number of hydrogen-bond donors (Lipinski definition) is 0. The van der Waals surface area contributed by atoms with Gasteiger partial charge in [0.05, 0.1) is 13.7 Å². The summed E-state index contributed by atoms with van der Waals surface area (Å²) in [5.41, 5.74) is 1.18. The molecule has 0 bridgehead atoms. The molecule has 90 valence electrons. The first-order valence-electron chi connectivity index (χ1n) is 5.55. The Morgan fingerprint density at radius 2 is 1.94 bits per heavy atom. The molecule has 0 saturated carbocycles. The summed E-state index contributed by atoms with van der Waals surface area (Å²) in [4.78, 5) is 2.15. The van der Waals surface area contributed by atoms with Crippen LogP contribution in [0.2, 0.25) is 0 Å². The predicted octanol–water partition coefficient (Wildman–Crippen LogP) is 2.33. The van der Waals surface area contributed by atoms with Crippen molar-refractivity contribution in [3.05, 3.63) is 23.8 Å². The molecule has 0 N–H and O–H groups in total. The van der Waals surface area contributed by atoms with Gasteiger partial charge in [-0.3, -0.25) is 0 Å². The van der Waals surface area contributed by atoms with E-state index in [0.717, 1.165) is 31.1 Å². The summed E-state index contributed by atoms with van der Waals surface area (Å²) in [6, 6.07) is 5.98. The van der Waals surface area contributed by atoms with E-state index in [1.807, 2.05) is 25.1 Å². The molecule has 3 nitrogen and oxygen atoms in total. The first-order chi connectivity index (χ1) is 7.63. The zero-order valence-corrected chi connectivity index (χ0v) is 10.6. The molecule has 0 fully saturated rings. The molecular formula is C13H21NO2. The maximum Gasteiger partial charge on any atom is 0.161 e. The van der Waals surface area contributed by atoms with Crippen molar-refractivity contribution < 1.29 is 9.47 Å². The molecule has 0 heterocycles. The molecule has 0 saturated heterocycles.